The molecule has 0 aliphatic heterocycles. The topological polar surface area (TPSA) is 208 Å². The molecule has 2 rings (SSSR count). The Bertz CT molecular complexity index is 1460. The zero-order valence-corrected chi connectivity index (χ0v) is 28.9. The van der Waals surface area contributed by atoms with E-state index in [4.69, 9.17) is 25.2 Å². The van der Waals surface area contributed by atoms with Crippen LogP contribution in [-0.4, -0.2) is 94.8 Å². The number of fused-ring (bicyclic) bond motifs is 1. The number of halogens is 1. The molecule has 47 heavy (non-hydrogen) atoms. The minimum Gasteiger partial charge on any atom is -0.465 e. The molecule has 0 fully saturated rings. The van der Waals surface area contributed by atoms with E-state index in [1.165, 1.54) is 7.05 Å². The van der Waals surface area contributed by atoms with Crippen LogP contribution in [0.25, 0.3) is 11.2 Å². The number of H-pyrrole nitrogens is 1. The predicted molar refractivity (Wildman–Crippen MR) is 172 cm³/mol. The van der Waals surface area contributed by atoms with Crippen molar-refractivity contribution < 1.29 is 42.4 Å². The summed E-state index contributed by atoms with van der Waals surface area (Å²) < 4.78 is 53.3. The standard InChI is InChI=1S/C29H47FN7O9P/c1-10-29(30,37-16-32-22-24(37)33-28(31-8)34-25(22)39)23(38)21(43-9)15-46-47(42,35-19(13-17(4)5)26(40)44-11-2)36-20(14-18(6)7)27(41)45-12-3/h1,16-21,23,38H,11-15H2,2-9H3,(H2,35,36,42)(H2,31,33,34,39). The van der Waals surface area contributed by atoms with Crippen LogP contribution in [-0.2, 0) is 38.7 Å². The van der Waals surface area contributed by atoms with Crippen LogP contribution < -0.4 is 21.1 Å². The first-order valence-corrected chi connectivity index (χ1v) is 16.9. The molecule has 5 N–H and O–H groups in total. The van der Waals surface area contributed by atoms with E-state index in [1.807, 2.05) is 33.6 Å². The lowest BCUT2D eigenvalue weighted by molar-refractivity contribution is -0.146. The summed E-state index contributed by atoms with van der Waals surface area (Å²) in [6, 6.07) is -2.29. The molecule has 2 heterocycles. The van der Waals surface area contributed by atoms with Crippen LogP contribution >= 0.6 is 7.67 Å². The number of carbonyl (C=O) groups excluding carboxylic acids is 2. The number of aromatic amines is 1. The molecular weight excluding hydrogens is 640 g/mol. The number of aliphatic hydroxyl groups is 1. The van der Waals surface area contributed by atoms with Gasteiger partial charge in [-0.25, -0.2) is 19.5 Å². The Morgan fingerprint density at radius 3 is 2.09 bits per heavy atom. The van der Waals surface area contributed by atoms with Crippen molar-refractivity contribution in [1.82, 2.24) is 29.7 Å². The fourth-order valence-corrected chi connectivity index (χ4v) is 6.45. The van der Waals surface area contributed by atoms with Crippen LogP contribution in [0, 0.1) is 24.2 Å². The molecule has 2 aromatic rings. The maximum Gasteiger partial charge on any atom is 0.342 e. The molecule has 0 aliphatic carbocycles. The normalized spacial score (nSPS) is 16.9. The molecule has 0 spiro atoms. The van der Waals surface area contributed by atoms with Crippen molar-refractivity contribution in [1.29, 1.82) is 0 Å². The molecule has 0 saturated carbocycles. The van der Waals surface area contributed by atoms with Crippen molar-refractivity contribution >= 4 is 36.7 Å². The number of esters is 2. The van der Waals surface area contributed by atoms with E-state index in [0.717, 1.165) is 13.4 Å². The monoisotopic (exact) mass is 687 g/mol. The summed E-state index contributed by atoms with van der Waals surface area (Å²) in [7, 11) is -1.83. The van der Waals surface area contributed by atoms with Gasteiger partial charge < -0.3 is 29.2 Å². The number of alkyl halides is 1. The van der Waals surface area contributed by atoms with Crippen molar-refractivity contribution in [3.8, 4) is 12.3 Å². The molecule has 0 bridgehead atoms. The molecule has 18 heteroatoms. The fourth-order valence-electron chi connectivity index (χ4n) is 4.63. The van der Waals surface area contributed by atoms with Gasteiger partial charge >= 0.3 is 19.6 Å². The largest absolute Gasteiger partial charge is 0.465 e. The number of ether oxygens (including phenoxy) is 3. The summed E-state index contributed by atoms with van der Waals surface area (Å²) in [5, 5.41) is 19.3. The summed E-state index contributed by atoms with van der Waals surface area (Å²) in [6.45, 7) is 9.93. The van der Waals surface area contributed by atoms with Gasteiger partial charge in [-0.15, -0.1) is 6.42 Å². The van der Waals surface area contributed by atoms with Crippen molar-refractivity contribution in [3.05, 3.63) is 16.7 Å². The van der Waals surface area contributed by atoms with Crippen LogP contribution in [0.2, 0.25) is 0 Å². The van der Waals surface area contributed by atoms with Gasteiger partial charge in [-0.3, -0.25) is 28.5 Å². The number of nitrogens with zero attached hydrogens (tertiary/aromatic N) is 3. The fraction of sp³-hybridized carbons (Fsp3) is 0.690. The summed E-state index contributed by atoms with van der Waals surface area (Å²) in [5.74, 6) is -2.79. The third-order valence-corrected chi connectivity index (χ3v) is 8.69. The van der Waals surface area contributed by atoms with Gasteiger partial charge in [0.05, 0.1) is 19.8 Å². The lowest BCUT2D eigenvalue weighted by atomic mass is 10.0. The number of nitrogens with one attached hydrogen (secondary N) is 4. The lowest BCUT2D eigenvalue weighted by Crippen LogP contribution is -2.50. The molecule has 2 aromatic heterocycles. The number of imidazole rings is 1. The Balaban J connectivity index is 2.53. The molecule has 5 unspecified atom stereocenters. The van der Waals surface area contributed by atoms with E-state index in [2.05, 4.69) is 30.4 Å². The number of methoxy groups -OCH3 is 1. The van der Waals surface area contributed by atoms with Gasteiger partial charge in [0.1, 0.15) is 30.6 Å². The Morgan fingerprint density at radius 1 is 1.13 bits per heavy atom. The van der Waals surface area contributed by atoms with E-state index in [9.17, 15) is 24.1 Å². The van der Waals surface area contributed by atoms with Gasteiger partial charge in [-0.2, -0.15) is 4.98 Å². The predicted octanol–water partition coefficient (Wildman–Crippen LogP) is 2.05. The van der Waals surface area contributed by atoms with E-state index < -0.39 is 61.9 Å². The van der Waals surface area contributed by atoms with Crippen LogP contribution in [0.1, 0.15) is 54.4 Å². The zero-order valence-electron chi connectivity index (χ0n) is 28.0. The quantitative estimate of drug-likeness (QED) is 0.0767. The van der Waals surface area contributed by atoms with Crippen LogP contribution in [0.3, 0.4) is 0 Å². The number of hydrogen-bond donors (Lipinski definition) is 5. The van der Waals surface area contributed by atoms with Gasteiger partial charge in [0.15, 0.2) is 11.2 Å². The lowest BCUT2D eigenvalue weighted by Gasteiger charge is -2.34. The first-order chi connectivity index (χ1) is 22.1. The number of anilines is 1. The number of aliphatic hydroxyl groups excluding tert-OH is 1. The van der Waals surface area contributed by atoms with Crippen LogP contribution in [0.5, 0.6) is 0 Å². The highest BCUT2D eigenvalue weighted by molar-refractivity contribution is 7.54. The second-order valence-electron chi connectivity index (χ2n) is 11.5. The third-order valence-electron chi connectivity index (χ3n) is 6.87. The van der Waals surface area contributed by atoms with Crippen LogP contribution in [0.4, 0.5) is 10.3 Å². The van der Waals surface area contributed by atoms with E-state index in [0.29, 0.717) is 4.57 Å². The van der Waals surface area contributed by atoms with Crippen molar-refractivity contribution in [2.45, 2.75) is 84.5 Å². The van der Waals surface area contributed by atoms with E-state index in [1.54, 1.807) is 13.8 Å². The molecule has 0 amide bonds. The second-order valence-corrected chi connectivity index (χ2v) is 13.3. The number of aromatic nitrogens is 4. The van der Waals surface area contributed by atoms with Gasteiger partial charge in [0.25, 0.3) is 11.4 Å². The minimum absolute atomic E-state index is 0.0158. The third kappa shape index (κ3) is 10.3. The Labute approximate surface area is 273 Å². The smallest absolute Gasteiger partial charge is 0.342 e. The number of terminal acetylenes is 1. The van der Waals surface area contributed by atoms with Gasteiger partial charge in [0.2, 0.25) is 5.95 Å². The van der Waals surface area contributed by atoms with E-state index >= 15 is 4.39 Å². The van der Waals surface area contributed by atoms with Crippen molar-refractivity contribution in [2.75, 3.05) is 39.3 Å². The summed E-state index contributed by atoms with van der Waals surface area (Å²) in [4.78, 5) is 48.6. The van der Waals surface area contributed by atoms with Crippen molar-refractivity contribution in [3.63, 3.8) is 0 Å². The number of carbonyl (C=O) groups is 2. The SMILES string of the molecule is C#CC(F)(C(O)C(COP(=O)(NC(CC(C)C)C(=O)OCC)NC(CC(C)C)C(=O)OCC)OC)n1cnc2c(=O)[nH]c(NC)nc21. The van der Waals surface area contributed by atoms with Gasteiger partial charge in [0, 0.05) is 14.2 Å². The van der Waals surface area contributed by atoms with Crippen molar-refractivity contribution in [2.24, 2.45) is 11.8 Å². The van der Waals surface area contributed by atoms with Gasteiger partial charge in [-0.1, -0.05) is 27.7 Å². The molecule has 0 aromatic carbocycles. The van der Waals surface area contributed by atoms with E-state index in [-0.39, 0.29) is 55.0 Å². The second kappa shape index (κ2) is 17.7. The number of rotatable bonds is 20. The maximum atomic E-state index is 16.6. The highest BCUT2D eigenvalue weighted by Gasteiger charge is 2.46. The molecule has 0 radical (unpaired) electrons. The first-order valence-electron chi connectivity index (χ1n) is 15.3. The molecule has 0 saturated heterocycles. The summed E-state index contributed by atoms with van der Waals surface area (Å²) >= 11 is 0. The first kappa shape index (κ1) is 39.8. The minimum atomic E-state index is -4.44. The molecule has 5 atom stereocenters. The summed E-state index contributed by atoms with van der Waals surface area (Å²) in [6.07, 6.45) is 3.03. The van der Waals surface area contributed by atoms with Gasteiger partial charge in [-0.05, 0) is 44.4 Å². The highest BCUT2D eigenvalue weighted by Crippen LogP contribution is 2.42. The average Bonchev–Trinajstić information content (AvgIpc) is 3.45. The van der Waals surface area contributed by atoms with Crippen LogP contribution in [0.15, 0.2) is 11.1 Å². The Kier molecular flexibility index (Phi) is 15.0. The molecule has 264 valence electrons. The Hall–Kier alpha value is -3.39. The average molecular weight is 688 g/mol. The highest BCUT2D eigenvalue weighted by atomic mass is 31.2. The molecule has 16 nitrogen and oxygen atoms in total. The maximum absolute atomic E-state index is 16.6. The molecular formula is C29H47FN7O9P. The number of hydrogen-bond acceptors (Lipinski definition) is 12. The molecule has 0 aliphatic rings. The Morgan fingerprint density at radius 2 is 1.66 bits per heavy atom. The zero-order chi connectivity index (χ0) is 35.5. The summed E-state index contributed by atoms with van der Waals surface area (Å²) in [5.41, 5.74) is -1.21.